The fourth-order valence-electron chi connectivity index (χ4n) is 2.36. The third-order valence-electron chi connectivity index (χ3n) is 3.41. The average molecular weight is 320 g/mol. The van der Waals surface area contributed by atoms with Crippen molar-refractivity contribution in [3.8, 4) is 17.1 Å². The smallest absolute Gasteiger partial charge is 0.417 e. The van der Waals surface area contributed by atoms with Gasteiger partial charge in [0, 0.05) is 5.56 Å². The summed E-state index contributed by atoms with van der Waals surface area (Å²) in [6.07, 6.45) is -4.55. The highest BCUT2D eigenvalue weighted by Gasteiger charge is 2.34. The van der Waals surface area contributed by atoms with Crippen molar-refractivity contribution >= 4 is 10.9 Å². The quantitative estimate of drug-likeness (QED) is 0.784. The van der Waals surface area contributed by atoms with Gasteiger partial charge in [-0.1, -0.05) is 24.3 Å². The lowest BCUT2D eigenvalue weighted by Crippen LogP contribution is -2.13. The Bertz CT molecular complexity index is 932. The number of nitrogens with zero attached hydrogens (tertiary/aromatic N) is 1. The Labute approximate surface area is 128 Å². The van der Waals surface area contributed by atoms with Gasteiger partial charge in [0.1, 0.15) is 17.1 Å². The number of benzene rings is 2. The van der Waals surface area contributed by atoms with E-state index in [-0.39, 0.29) is 22.3 Å². The lowest BCUT2D eigenvalue weighted by molar-refractivity contribution is -0.137. The number of methoxy groups -OCH3 is 1. The first-order chi connectivity index (χ1) is 10.9. The highest BCUT2D eigenvalue weighted by Crippen LogP contribution is 2.36. The van der Waals surface area contributed by atoms with Gasteiger partial charge in [-0.05, 0) is 18.2 Å². The van der Waals surface area contributed by atoms with E-state index in [1.165, 1.54) is 31.4 Å². The maximum atomic E-state index is 13.1. The van der Waals surface area contributed by atoms with Crippen molar-refractivity contribution in [3.63, 3.8) is 0 Å². The molecular formula is C16H11F3N2O2. The van der Waals surface area contributed by atoms with Crippen LogP contribution in [0.5, 0.6) is 5.75 Å². The van der Waals surface area contributed by atoms with E-state index in [2.05, 4.69) is 9.97 Å². The van der Waals surface area contributed by atoms with Gasteiger partial charge in [-0.15, -0.1) is 0 Å². The fraction of sp³-hybridized carbons (Fsp3) is 0.125. The van der Waals surface area contributed by atoms with Crippen molar-refractivity contribution in [2.24, 2.45) is 0 Å². The van der Waals surface area contributed by atoms with Crippen molar-refractivity contribution in [1.29, 1.82) is 0 Å². The number of alkyl halides is 3. The number of fused-ring (bicyclic) bond motifs is 1. The minimum absolute atomic E-state index is 0.153. The lowest BCUT2D eigenvalue weighted by atomic mass is 10.1. The maximum absolute atomic E-state index is 13.1. The zero-order valence-electron chi connectivity index (χ0n) is 11.9. The molecule has 0 saturated heterocycles. The highest BCUT2D eigenvalue weighted by atomic mass is 19.4. The Morgan fingerprint density at radius 2 is 1.83 bits per heavy atom. The first-order valence-corrected chi connectivity index (χ1v) is 6.65. The lowest BCUT2D eigenvalue weighted by Gasteiger charge is -2.12. The number of hydrogen-bond acceptors (Lipinski definition) is 3. The number of rotatable bonds is 2. The van der Waals surface area contributed by atoms with E-state index in [1.54, 1.807) is 12.1 Å². The normalized spacial score (nSPS) is 11.7. The number of hydrogen-bond donors (Lipinski definition) is 1. The first kappa shape index (κ1) is 15.1. The molecule has 0 aliphatic rings. The van der Waals surface area contributed by atoms with Crippen LogP contribution < -0.4 is 10.3 Å². The molecule has 1 N–H and O–H groups in total. The van der Waals surface area contributed by atoms with Crippen molar-refractivity contribution in [2.75, 3.05) is 7.11 Å². The Morgan fingerprint density at radius 3 is 2.52 bits per heavy atom. The number of aromatic nitrogens is 2. The minimum Gasteiger partial charge on any atom is -0.494 e. The summed E-state index contributed by atoms with van der Waals surface area (Å²) in [5.41, 5.74) is -1.37. The molecule has 7 heteroatoms. The van der Waals surface area contributed by atoms with E-state index in [0.717, 1.165) is 6.07 Å². The molecule has 0 aliphatic carbocycles. The topological polar surface area (TPSA) is 55.0 Å². The van der Waals surface area contributed by atoms with E-state index in [0.29, 0.717) is 5.75 Å². The number of nitrogens with one attached hydrogen (secondary N) is 1. The molecule has 0 amide bonds. The van der Waals surface area contributed by atoms with Crippen LogP contribution in [-0.4, -0.2) is 17.1 Å². The zero-order valence-corrected chi connectivity index (χ0v) is 11.9. The molecule has 0 fully saturated rings. The van der Waals surface area contributed by atoms with Crippen molar-refractivity contribution in [1.82, 2.24) is 9.97 Å². The van der Waals surface area contributed by atoms with Crippen LogP contribution in [0.2, 0.25) is 0 Å². The van der Waals surface area contributed by atoms with Gasteiger partial charge >= 0.3 is 6.18 Å². The second kappa shape index (κ2) is 5.42. The van der Waals surface area contributed by atoms with Gasteiger partial charge in [-0.2, -0.15) is 13.2 Å². The van der Waals surface area contributed by atoms with Crippen LogP contribution in [0.25, 0.3) is 22.3 Å². The Balaban J connectivity index is 2.33. The van der Waals surface area contributed by atoms with Gasteiger partial charge in [0.15, 0.2) is 0 Å². The number of para-hydroxylation sites is 1. The molecule has 0 aliphatic heterocycles. The predicted octanol–water partition coefficient (Wildman–Crippen LogP) is 3.62. The summed E-state index contributed by atoms with van der Waals surface area (Å²) in [5.74, 6) is 0.166. The Kier molecular flexibility index (Phi) is 3.55. The summed E-state index contributed by atoms with van der Waals surface area (Å²) in [6, 6.07) is 9.69. The summed E-state index contributed by atoms with van der Waals surface area (Å²) in [6.45, 7) is 0. The fourth-order valence-corrected chi connectivity index (χ4v) is 2.36. The van der Waals surface area contributed by atoms with Crippen LogP contribution in [0.4, 0.5) is 13.2 Å². The van der Waals surface area contributed by atoms with Crippen LogP contribution in [0.1, 0.15) is 5.56 Å². The number of ether oxygens (including phenoxy) is 1. The summed E-state index contributed by atoms with van der Waals surface area (Å²) >= 11 is 0. The largest absolute Gasteiger partial charge is 0.494 e. The summed E-state index contributed by atoms with van der Waals surface area (Å²) in [4.78, 5) is 18.7. The third kappa shape index (κ3) is 2.65. The van der Waals surface area contributed by atoms with Crippen molar-refractivity contribution < 1.29 is 17.9 Å². The molecule has 0 atom stereocenters. The van der Waals surface area contributed by atoms with Crippen molar-refractivity contribution in [2.45, 2.75) is 6.18 Å². The molecule has 0 unspecified atom stereocenters. The molecule has 3 rings (SSSR count). The van der Waals surface area contributed by atoms with Gasteiger partial charge in [-0.25, -0.2) is 4.98 Å². The first-order valence-electron chi connectivity index (χ1n) is 6.65. The predicted molar refractivity (Wildman–Crippen MR) is 79.4 cm³/mol. The maximum Gasteiger partial charge on any atom is 0.417 e. The summed E-state index contributed by atoms with van der Waals surface area (Å²) < 4.78 is 44.6. The van der Waals surface area contributed by atoms with E-state index in [1.807, 2.05) is 0 Å². The molecule has 0 spiro atoms. The van der Waals surface area contributed by atoms with E-state index < -0.39 is 17.3 Å². The molecule has 4 nitrogen and oxygen atoms in total. The van der Waals surface area contributed by atoms with Gasteiger partial charge in [-0.3, -0.25) is 4.79 Å². The summed E-state index contributed by atoms with van der Waals surface area (Å²) in [7, 11) is 1.40. The number of aromatic amines is 1. The van der Waals surface area contributed by atoms with Crippen LogP contribution in [0.15, 0.2) is 47.3 Å². The SMILES string of the molecule is COc1cccc2c(=O)[nH]c(-c3ccccc3C(F)(F)F)nc12. The number of halogens is 3. The molecule has 1 aromatic heterocycles. The Hall–Kier alpha value is -2.83. The molecule has 23 heavy (non-hydrogen) atoms. The van der Waals surface area contributed by atoms with E-state index in [4.69, 9.17) is 4.74 Å². The Morgan fingerprint density at radius 1 is 1.09 bits per heavy atom. The molecule has 0 saturated carbocycles. The van der Waals surface area contributed by atoms with E-state index in [9.17, 15) is 18.0 Å². The van der Waals surface area contributed by atoms with Gasteiger partial charge < -0.3 is 9.72 Å². The van der Waals surface area contributed by atoms with Gasteiger partial charge in [0.2, 0.25) is 0 Å². The van der Waals surface area contributed by atoms with Gasteiger partial charge in [0.05, 0.1) is 18.1 Å². The van der Waals surface area contributed by atoms with Crippen LogP contribution in [-0.2, 0) is 6.18 Å². The van der Waals surface area contributed by atoms with Crippen LogP contribution in [0.3, 0.4) is 0 Å². The van der Waals surface area contributed by atoms with Gasteiger partial charge in [0.25, 0.3) is 5.56 Å². The minimum atomic E-state index is -4.55. The van der Waals surface area contributed by atoms with Crippen LogP contribution in [0, 0.1) is 0 Å². The molecule has 1 heterocycles. The van der Waals surface area contributed by atoms with E-state index >= 15 is 0 Å². The second-order valence-corrected chi connectivity index (χ2v) is 4.81. The molecule has 3 aromatic rings. The number of H-pyrrole nitrogens is 1. The summed E-state index contributed by atoms with van der Waals surface area (Å²) in [5, 5.41) is 0.248. The average Bonchev–Trinajstić information content (AvgIpc) is 2.53. The molecule has 0 radical (unpaired) electrons. The standard InChI is InChI=1S/C16H11F3N2O2/c1-23-12-8-4-6-10-13(12)20-14(21-15(10)22)9-5-2-3-7-11(9)16(17,18)19/h2-8H,1H3,(H,20,21,22). The molecular weight excluding hydrogens is 309 g/mol. The molecule has 0 bridgehead atoms. The monoisotopic (exact) mass is 320 g/mol. The third-order valence-corrected chi connectivity index (χ3v) is 3.41. The zero-order chi connectivity index (χ0) is 16.6. The molecule has 2 aromatic carbocycles. The molecule has 118 valence electrons. The van der Waals surface area contributed by atoms with Crippen molar-refractivity contribution in [3.05, 3.63) is 58.4 Å². The van der Waals surface area contributed by atoms with Crippen LogP contribution >= 0.6 is 0 Å². The highest BCUT2D eigenvalue weighted by molar-refractivity contribution is 5.85. The second-order valence-electron chi connectivity index (χ2n) is 4.81.